The third kappa shape index (κ3) is 4.78. The summed E-state index contributed by atoms with van der Waals surface area (Å²) in [5, 5.41) is 3.23. The molecule has 0 saturated carbocycles. The Bertz CT molecular complexity index is 865. The van der Waals surface area contributed by atoms with Crippen molar-refractivity contribution in [3.05, 3.63) is 59.2 Å². The van der Waals surface area contributed by atoms with Crippen molar-refractivity contribution >= 4 is 5.91 Å². The van der Waals surface area contributed by atoms with Crippen LogP contribution in [0.5, 0.6) is 11.5 Å². The number of carbonyl (C=O) groups excluding carboxylic acids is 1. The molecule has 1 fully saturated rings. The van der Waals surface area contributed by atoms with Crippen LogP contribution in [0.3, 0.4) is 0 Å². The van der Waals surface area contributed by atoms with Gasteiger partial charge in [0.25, 0.3) is 0 Å². The Morgan fingerprint density at radius 1 is 1.10 bits per heavy atom. The highest BCUT2D eigenvalue weighted by Gasteiger charge is 2.29. The summed E-state index contributed by atoms with van der Waals surface area (Å²) in [5.41, 5.74) is 3.60. The molecule has 4 rings (SSSR count). The predicted molar refractivity (Wildman–Crippen MR) is 118 cm³/mol. The van der Waals surface area contributed by atoms with Gasteiger partial charge in [-0.3, -0.25) is 9.69 Å². The van der Waals surface area contributed by atoms with Crippen LogP contribution in [0.2, 0.25) is 0 Å². The van der Waals surface area contributed by atoms with E-state index in [0.717, 1.165) is 49.3 Å². The molecule has 1 amide bonds. The van der Waals surface area contributed by atoms with E-state index >= 15 is 0 Å². The topological polar surface area (TPSA) is 50.8 Å². The Hall–Kier alpha value is -2.53. The van der Waals surface area contributed by atoms with Gasteiger partial charge in [-0.15, -0.1) is 0 Å². The number of hydrogen-bond donors (Lipinski definition) is 1. The normalized spacial score (nSPS) is 19.9. The van der Waals surface area contributed by atoms with Crippen LogP contribution in [0.1, 0.15) is 61.4 Å². The fourth-order valence-corrected chi connectivity index (χ4v) is 4.42. The van der Waals surface area contributed by atoms with Crippen LogP contribution in [0.15, 0.2) is 42.5 Å². The molecule has 0 spiro atoms. The molecule has 2 aliphatic rings. The molecule has 30 heavy (non-hydrogen) atoms. The number of ether oxygens (including phenoxy) is 2. The number of benzene rings is 2. The molecule has 1 N–H and O–H groups in total. The summed E-state index contributed by atoms with van der Waals surface area (Å²) < 4.78 is 11.6. The number of amides is 1. The first-order chi connectivity index (χ1) is 14.6. The highest BCUT2D eigenvalue weighted by Crippen LogP contribution is 2.37. The average molecular weight is 409 g/mol. The van der Waals surface area contributed by atoms with Crippen molar-refractivity contribution < 1.29 is 14.3 Å². The Balaban J connectivity index is 1.41. The van der Waals surface area contributed by atoms with Crippen molar-refractivity contribution in [2.24, 2.45) is 0 Å². The monoisotopic (exact) mass is 408 g/mol. The van der Waals surface area contributed by atoms with Crippen molar-refractivity contribution in [1.82, 2.24) is 10.2 Å². The SMILES string of the molecule is CC[C@H](NC(=O)CN1CCC[C@@H]1c1ccc2c(c1)OCCCO2)c1ccc(C)cc1. The molecule has 160 valence electrons. The smallest absolute Gasteiger partial charge is 0.234 e. The summed E-state index contributed by atoms with van der Waals surface area (Å²) in [5.74, 6) is 1.73. The molecule has 0 aromatic heterocycles. The number of rotatable bonds is 6. The number of carbonyl (C=O) groups is 1. The molecule has 0 unspecified atom stereocenters. The standard InChI is InChI=1S/C25H32N2O3/c1-3-21(19-9-7-18(2)8-10-19)26-25(28)17-27-13-4-6-22(27)20-11-12-23-24(16-20)30-15-5-14-29-23/h7-12,16,21-22H,3-6,13-15,17H2,1-2H3,(H,26,28)/t21-,22+/m0/s1. The molecule has 2 atom stereocenters. The fraction of sp³-hybridized carbons (Fsp3) is 0.480. The van der Waals surface area contributed by atoms with Crippen LogP contribution in [0, 0.1) is 6.92 Å². The molecule has 2 aromatic carbocycles. The molecule has 1 saturated heterocycles. The molecule has 0 radical (unpaired) electrons. The van der Waals surface area contributed by atoms with Crippen LogP contribution in [-0.2, 0) is 4.79 Å². The molecule has 2 aromatic rings. The van der Waals surface area contributed by atoms with Gasteiger partial charge in [-0.25, -0.2) is 0 Å². The van der Waals surface area contributed by atoms with Gasteiger partial charge in [0.05, 0.1) is 25.8 Å². The van der Waals surface area contributed by atoms with Gasteiger partial charge in [-0.1, -0.05) is 42.8 Å². The van der Waals surface area contributed by atoms with E-state index < -0.39 is 0 Å². The van der Waals surface area contributed by atoms with Gasteiger partial charge in [-0.05, 0) is 56.0 Å². The summed E-state index contributed by atoms with van der Waals surface area (Å²) in [6.07, 6.45) is 3.93. The first-order valence-electron chi connectivity index (χ1n) is 11.1. The van der Waals surface area contributed by atoms with Crippen molar-refractivity contribution in [2.45, 2.75) is 51.6 Å². The van der Waals surface area contributed by atoms with Crippen LogP contribution in [-0.4, -0.2) is 37.1 Å². The lowest BCUT2D eigenvalue weighted by atomic mass is 10.0. The third-order valence-corrected chi connectivity index (χ3v) is 6.09. The lowest BCUT2D eigenvalue weighted by molar-refractivity contribution is -0.123. The van der Waals surface area contributed by atoms with Crippen molar-refractivity contribution in [3.8, 4) is 11.5 Å². The van der Waals surface area contributed by atoms with E-state index in [4.69, 9.17) is 9.47 Å². The number of fused-ring (bicyclic) bond motifs is 1. The highest BCUT2D eigenvalue weighted by molar-refractivity contribution is 5.78. The minimum absolute atomic E-state index is 0.0530. The molecular formula is C25H32N2O3. The third-order valence-electron chi connectivity index (χ3n) is 6.09. The minimum Gasteiger partial charge on any atom is -0.490 e. The van der Waals surface area contributed by atoms with E-state index in [2.05, 4.69) is 60.5 Å². The van der Waals surface area contributed by atoms with Crippen LogP contribution >= 0.6 is 0 Å². The zero-order valence-corrected chi connectivity index (χ0v) is 18.0. The maximum Gasteiger partial charge on any atom is 0.234 e. The number of nitrogens with zero attached hydrogens (tertiary/aromatic N) is 1. The Kier molecular flexibility index (Phi) is 6.58. The second-order valence-electron chi connectivity index (χ2n) is 8.32. The van der Waals surface area contributed by atoms with Gasteiger partial charge in [0.1, 0.15) is 0 Å². The van der Waals surface area contributed by atoms with Crippen LogP contribution in [0.25, 0.3) is 0 Å². The van der Waals surface area contributed by atoms with Crippen molar-refractivity contribution in [1.29, 1.82) is 0 Å². The van der Waals surface area contributed by atoms with Gasteiger partial charge in [-0.2, -0.15) is 0 Å². The molecule has 2 aliphatic heterocycles. The Morgan fingerprint density at radius 2 is 1.87 bits per heavy atom. The van der Waals surface area contributed by atoms with Gasteiger partial charge in [0.15, 0.2) is 11.5 Å². The van der Waals surface area contributed by atoms with E-state index in [1.807, 2.05) is 6.07 Å². The summed E-state index contributed by atoms with van der Waals surface area (Å²) in [4.78, 5) is 15.2. The number of hydrogen-bond acceptors (Lipinski definition) is 4. The molecule has 0 bridgehead atoms. The maximum absolute atomic E-state index is 12.9. The Labute approximate surface area is 179 Å². The van der Waals surface area contributed by atoms with Gasteiger partial charge in [0, 0.05) is 12.5 Å². The quantitative estimate of drug-likeness (QED) is 0.761. The summed E-state index contributed by atoms with van der Waals surface area (Å²) in [6, 6.07) is 15.0. The maximum atomic E-state index is 12.9. The summed E-state index contributed by atoms with van der Waals surface area (Å²) in [7, 11) is 0. The van der Waals surface area contributed by atoms with E-state index in [1.165, 1.54) is 11.1 Å². The van der Waals surface area contributed by atoms with Crippen LogP contribution < -0.4 is 14.8 Å². The lowest BCUT2D eigenvalue weighted by Crippen LogP contribution is -2.38. The first kappa shape index (κ1) is 20.7. The van der Waals surface area contributed by atoms with Crippen LogP contribution in [0.4, 0.5) is 0 Å². The zero-order valence-electron chi connectivity index (χ0n) is 18.0. The van der Waals surface area contributed by atoms with Crippen molar-refractivity contribution in [3.63, 3.8) is 0 Å². The minimum atomic E-state index is 0.0530. The highest BCUT2D eigenvalue weighted by atomic mass is 16.5. The fourth-order valence-electron chi connectivity index (χ4n) is 4.42. The second-order valence-corrected chi connectivity index (χ2v) is 8.32. The second kappa shape index (κ2) is 9.52. The van der Waals surface area contributed by atoms with Gasteiger partial charge < -0.3 is 14.8 Å². The van der Waals surface area contributed by atoms with Gasteiger partial charge >= 0.3 is 0 Å². The van der Waals surface area contributed by atoms with E-state index in [1.54, 1.807) is 0 Å². The first-order valence-corrected chi connectivity index (χ1v) is 11.1. The molecule has 5 heteroatoms. The Morgan fingerprint density at radius 3 is 2.63 bits per heavy atom. The van der Waals surface area contributed by atoms with E-state index in [0.29, 0.717) is 19.8 Å². The lowest BCUT2D eigenvalue weighted by Gasteiger charge is -2.26. The number of aryl methyl sites for hydroxylation is 1. The van der Waals surface area contributed by atoms with E-state index in [-0.39, 0.29) is 18.0 Å². The molecule has 0 aliphatic carbocycles. The largest absolute Gasteiger partial charge is 0.490 e. The van der Waals surface area contributed by atoms with Crippen molar-refractivity contribution in [2.75, 3.05) is 26.3 Å². The van der Waals surface area contributed by atoms with E-state index in [9.17, 15) is 4.79 Å². The summed E-state index contributed by atoms with van der Waals surface area (Å²) in [6.45, 7) is 6.93. The molecular weight excluding hydrogens is 376 g/mol. The summed E-state index contributed by atoms with van der Waals surface area (Å²) >= 11 is 0. The number of likely N-dealkylation sites (tertiary alicyclic amines) is 1. The van der Waals surface area contributed by atoms with Gasteiger partial charge in [0.2, 0.25) is 5.91 Å². The zero-order chi connectivity index (χ0) is 20.9. The molecule has 5 nitrogen and oxygen atoms in total. The predicted octanol–water partition coefficient (Wildman–Crippen LogP) is 4.56. The number of nitrogens with one attached hydrogen (secondary N) is 1. The molecule has 2 heterocycles. The average Bonchev–Trinajstić information content (AvgIpc) is 3.08.